The number of piperidine rings is 1. The van der Waals surface area contributed by atoms with Crippen LogP contribution in [0, 0.1) is 0 Å². The lowest BCUT2D eigenvalue weighted by Gasteiger charge is -2.32. The number of rotatable bonds is 3. The zero-order valence-electron chi connectivity index (χ0n) is 13.5. The number of hydrogen-bond acceptors (Lipinski definition) is 2. The number of hydrogen-bond donors (Lipinski definition) is 1. The van der Waals surface area contributed by atoms with E-state index in [9.17, 15) is 9.59 Å². The lowest BCUT2D eigenvalue weighted by molar-refractivity contribution is 0.0698. The molecule has 2 aromatic carbocycles. The Morgan fingerprint density at radius 3 is 2.24 bits per heavy atom. The third-order valence-electron chi connectivity index (χ3n) is 4.33. The van der Waals surface area contributed by atoms with Crippen molar-refractivity contribution >= 4 is 35.0 Å². The lowest BCUT2D eigenvalue weighted by Crippen LogP contribution is -2.46. The van der Waals surface area contributed by atoms with Crippen LogP contribution in [0.15, 0.2) is 48.5 Å². The predicted octanol–water partition coefficient (Wildman–Crippen LogP) is 4.03. The molecule has 1 aliphatic heterocycles. The highest BCUT2D eigenvalue weighted by Gasteiger charge is 2.25. The maximum atomic E-state index is 12.5. The molecule has 1 N–H and O–H groups in total. The molecular weight excluding hydrogens is 359 g/mol. The van der Waals surface area contributed by atoms with Crippen molar-refractivity contribution in [2.75, 3.05) is 13.1 Å². The Morgan fingerprint density at radius 2 is 1.60 bits per heavy atom. The fourth-order valence-electron chi connectivity index (χ4n) is 2.91. The molecule has 0 aromatic heterocycles. The second-order valence-corrected chi connectivity index (χ2v) is 6.87. The van der Waals surface area contributed by atoms with Gasteiger partial charge in [-0.2, -0.15) is 0 Å². The molecule has 0 saturated carbocycles. The molecule has 2 aromatic rings. The second-order valence-electron chi connectivity index (χ2n) is 6.03. The summed E-state index contributed by atoms with van der Waals surface area (Å²) in [6, 6.07) is 13.9. The molecule has 4 nitrogen and oxygen atoms in total. The average Bonchev–Trinajstić information content (AvgIpc) is 2.63. The monoisotopic (exact) mass is 376 g/mol. The van der Waals surface area contributed by atoms with E-state index in [1.807, 2.05) is 0 Å². The smallest absolute Gasteiger partial charge is 0.253 e. The van der Waals surface area contributed by atoms with E-state index >= 15 is 0 Å². The van der Waals surface area contributed by atoms with Crippen LogP contribution >= 0.6 is 23.2 Å². The topological polar surface area (TPSA) is 49.4 Å². The van der Waals surface area contributed by atoms with Gasteiger partial charge in [0.2, 0.25) is 0 Å². The van der Waals surface area contributed by atoms with Gasteiger partial charge in [0.05, 0.1) is 10.6 Å². The first-order chi connectivity index (χ1) is 12.0. The summed E-state index contributed by atoms with van der Waals surface area (Å²) >= 11 is 11.9. The van der Waals surface area contributed by atoms with Crippen LogP contribution in [0.2, 0.25) is 10.0 Å². The zero-order chi connectivity index (χ0) is 17.8. The summed E-state index contributed by atoms with van der Waals surface area (Å²) in [5.41, 5.74) is 1.10. The molecule has 0 atom stereocenters. The first kappa shape index (κ1) is 17.8. The van der Waals surface area contributed by atoms with Gasteiger partial charge in [-0.1, -0.05) is 35.3 Å². The van der Waals surface area contributed by atoms with Crippen LogP contribution in [0.5, 0.6) is 0 Å². The van der Waals surface area contributed by atoms with E-state index in [0.717, 1.165) is 12.8 Å². The van der Waals surface area contributed by atoms with Crippen molar-refractivity contribution < 1.29 is 9.59 Å². The molecular formula is C19H18Cl2N2O2. The van der Waals surface area contributed by atoms with Crippen LogP contribution in [0.3, 0.4) is 0 Å². The van der Waals surface area contributed by atoms with E-state index in [4.69, 9.17) is 23.2 Å². The summed E-state index contributed by atoms with van der Waals surface area (Å²) in [6.07, 6.45) is 1.44. The third kappa shape index (κ3) is 4.33. The summed E-state index contributed by atoms with van der Waals surface area (Å²) < 4.78 is 0. The summed E-state index contributed by atoms with van der Waals surface area (Å²) in [5, 5.41) is 4.05. The molecule has 1 saturated heterocycles. The fourth-order valence-corrected chi connectivity index (χ4v) is 3.26. The number of carbonyl (C=O) groups is 2. The largest absolute Gasteiger partial charge is 0.349 e. The number of nitrogens with one attached hydrogen (secondary N) is 1. The molecule has 2 amide bonds. The number of halogens is 2. The molecule has 3 rings (SSSR count). The minimum absolute atomic E-state index is 0.00690. The van der Waals surface area contributed by atoms with E-state index < -0.39 is 0 Å². The minimum atomic E-state index is -0.173. The van der Waals surface area contributed by atoms with Crippen molar-refractivity contribution in [1.29, 1.82) is 0 Å². The Balaban J connectivity index is 1.55. The Bertz CT molecular complexity index is 769. The quantitative estimate of drug-likeness (QED) is 0.878. The van der Waals surface area contributed by atoms with Gasteiger partial charge in [0.25, 0.3) is 11.8 Å². The number of carbonyl (C=O) groups excluding carboxylic acids is 2. The molecule has 1 fully saturated rings. The molecule has 0 spiro atoms. The van der Waals surface area contributed by atoms with Crippen LogP contribution in [-0.4, -0.2) is 35.8 Å². The van der Waals surface area contributed by atoms with Crippen molar-refractivity contribution in [3.8, 4) is 0 Å². The highest BCUT2D eigenvalue weighted by Crippen LogP contribution is 2.18. The highest BCUT2D eigenvalue weighted by molar-refractivity contribution is 6.33. The van der Waals surface area contributed by atoms with Gasteiger partial charge in [-0.15, -0.1) is 0 Å². The third-order valence-corrected chi connectivity index (χ3v) is 4.91. The Hall–Kier alpha value is -2.04. The fraction of sp³-hybridized carbons (Fsp3) is 0.263. The van der Waals surface area contributed by atoms with Gasteiger partial charge in [-0.05, 0) is 49.2 Å². The molecule has 1 aliphatic rings. The van der Waals surface area contributed by atoms with Gasteiger partial charge in [0, 0.05) is 29.7 Å². The molecule has 130 valence electrons. The van der Waals surface area contributed by atoms with Crippen LogP contribution in [0.1, 0.15) is 33.6 Å². The molecule has 0 radical (unpaired) electrons. The van der Waals surface area contributed by atoms with Crippen LogP contribution in [-0.2, 0) is 0 Å². The van der Waals surface area contributed by atoms with Gasteiger partial charge < -0.3 is 10.2 Å². The summed E-state index contributed by atoms with van der Waals surface area (Å²) in [4.78, 5) is 26.6. The SMILES string of the molecule is O=C(NC1CCN(C(=O)c2ccc(Cl)cc2)CC1)c1ccccc1Cl. The first-order valence-electron chi connectivity index (χ1n) is 8.15. The van der Waals surface area contributed by atoms with Gasteiger partial charge >= 0.3 is 0 Å². The van der Waals surface area contributed by atoms with E-state index in [2.05, 4.69) is 5.32 Å². The van der Waals surface area contributed by atoms with Gasteiger partial charge in [-0.25, -0.2) is 0 Å². The van der Waals surface area contributed by atoms with Crippen molar-refractivity contribution in [2.24, 2.45) is 0 Å². The summed E-state index contributed by atoms with van der Waals surface area (Å²) in [5.74, 6) is -0.180. The average molecular weight is 377 g/mol. The first-order valence-corrected chi connectivity index (χ1v) is 8.90. The van der Waals surface area contributed by atoms with Crippen LogP contribution in [0.4, 0.5) is 0 Å². The standard InChI is InChI=1S/C19H18Cl2N2O2/c20-14-7-5-13(6-8-14)19(25)23-11-9-15(10-12-23)22-18(24)16-3-1-2-4-17(16)21/h1-8,15H,9-12H2,(H,22,24). The Kier molecular flexibility index (Phi) is 5.61. The van der Waals surface area contributed by atoms with Gasteiger partial charge in [0.1, 0.15) is 0 Å². The number of amides is 2. The lowest BCUT2D eigenvalue weighted by atomic mass is 10.0. The number of likely N-dealkylation sites (tertiary alicyclic amines) is 1. The van der Waals surface area contributed by atoms with Crippen LogP contribution in [0.25, 0.3) is 0 Å². The van der Waals surface area contributed by atoms with E-state index in [1.54, 1.807) is 53.4 Å². The summed E-state index contributed by atoms with van der Waals surface area (Å²) in [6.45, 7) is 1.21. The summed E-state index contributed by atoms with van der Waals surface area (Å²) in [7, 11) is 0. The molecule has 25 heavy (non-hydrogen) atoms. The Morgan fingerprint density at radius 1 is 0.960 bits per heavy atom. The zero-order valence-corrected chi connectivity index (χ0v) is 15.1. The maximum Gasteiger partial charge on any atom is 0.253 e. The second kappa shape index (κ2) is 7.89. The van der Waals surface area contributed by atoms with Crippen molar-refractivity contribution in [3.05, 3.63) is 69.7 Å². The van der Waals surface area contributed by atoms with Gasteiger partial charge in [0.15, 0.2) is 0 Å². The van der Waals surface area contributed by atoms with Crippen LogP contribution < -0.4 is 5.32 Å². The maximum absolute atomic E-state index is 12.5. The Labute approximate surface area is 156 Å². The molecule has 6 heteroatoms. The van der Waals surface area contributed by atoms with E-state index in [0.29, 0.717) is 34.3 Å². The number of nitrogens with zero attached hydrogens (tertiary/aromatic N) is 1. The minimum Gasteiger partial charge on any atom is -0.349 e. The molecule has 0 bridgehead atoms. The van der Waals surface area contributed by atoms with Crippen molar-refractivity contribution in [1.82, 2.24) is 10.2 Å². The van der Waals surface area contributed by atoms with E-state index in [-0.39, 0.29) is 17.9 Å². The molecule has 0 unspecified atom stereocenters. The molecule has 1 heterocycles. The predicted molar refractivity (Wildman–Crippen MR) is 99.3 cm³/mol. The number of benzene rings is 2. The van der Waals surface area contributed by atoms with Crippen molar-refractivity contribution in [2.45, 2.75) is 18.9 Å². The van der Waals surface area contributed by atoms with Gasteiger partial charge in [-0.3, -0.25) is 9.59 Å². The van der Waals surface area contributed by atoms with Crippen molar-refractivity contribution in [3.63, 3.8) is 0 Å². The molecule has 0 aliphatic carbocycles. The highest BCUT2D eigenvalue weighted by atomic mass is 35.5. The van der Waals surface area contributed by atoms with E-state index in [1.165, 1.54) is 0 Å². The normalized spacial score (nSPS) is 15.0.